The molecular weight excluding hydrogens is 224 g/mol. The van der Waals surface area contributed by atoms with E-state index in [-0.39, 0.29) is 0 Å². The monoisotopic (exact) mass is 252 g/mol. The minimum absolute atomic E-state index is 0.361. The van der Waals surface area contributed by atoms with Crippen molar-refractivity contribution in [1.29, 1.82) is 0 Å². The van der Waals surface area contributed by atoms with Crippen molar-refractivity contribution >= 4 is 5.91 Å². The molecule has 0 aromatic heterocycles. The topological polar surface area (TPSA) is 32.3 Å². The van der Waals surface area contributed by atoms with Crippen LogP contribution in [0.1, 0.15) is 64.2 Å². The van der Waals surface area contributed by atoms with Crippen molar-refractivity contribution in [2.75, 3.05) is 19.6 Å². The van der Waals surface area contributed by atoms with Crippen molar-refractivity contribution in [2.45, 2.75) is 70.3 Å². The van der Waals surface area contributed by atoms with E-state index >= 15 is 0 Å². The van der Waals surface area contributed by atoms with Crippen LogP contribution in [0.3, 0.4) is 0 Å². The Kier molecular flexibility index (Phi) is 5.98. The predicted molar refractivity (Wildman–Crippen MR) is 74.5 cm³/mol. The van der Waals surface area contributed by atoms with Crippen LogP contribution < -0.4 is 5.32 Å². The predicted octanol–water partition coefficient (Wildman–Crippen LogP) is 2.70. The molecule has 3 heteroatoms. The Hall–Kier alpha value is -0.570. The number of nitrogens with zero attached hydrogens (tertiary/aromatic N) is 1. The Morgan fingerprint density at radius 3 is 2.22 bits per heavy atom. The highest BCUT2D eigenvalue weighted by Gasteiger charge is 2.16. The van der Waals surface area contributed by atoms with Crippen molar-refractivity contribution in [2.24, 2.45) is 0 Å². The summed E-state index contributed by atoms with van der Waals surface area (Å²) in [6, 6.07) is 0.677. The summed E-state index contributed by atoms with van der Waals surface area (Å²) in [4.78, 5) is 14.2. The molecule has 0 spiro atoms. The molecule has 0 aromatic carbocycles. The summed E-state index contributed by atoms with van der Waals surface area (Å²) in [5, 5.41) is 3.56. The summed E-state index contributed by atoms with van der Waals surface area (Å²) >= 11 is 0. The molecule has 0 atom stereocenters. The zero-order valence-corrected chi connectivity index (χ0v) is 11.6. The normalized spacial score (nSPS) is 22.8. The average molecular weight is 252 g/mol. The highest BCUT2D eigenvalue weighted by Crippen LogP contribution is 2.17. The number of nitrogens with one attached hydrogen (secondary N) is 1. The molecule has 0 bridgehead atoms. The molecule has 18 heavy (non-hydrogen) atoms. The van der Waals surface area contributed by atoms with Crippen molar-refractivity contribution in [1.82, 2.24) is 10.2 Å². The van der Waals surface area contributed by atoms with Gasteiger partial charge in [-0.25, -0.2) is 0 Å². The van der Waals surface area contributed by atoms with Crippen molar-refractivity contribution in [3.63, 3.8) is 0 Å². The van der Waals surface area contributed by atoms with Gasteiger partial charge in [0.2, 0.25) is 5.91 Å². The molecule has 2 rings (SSSR count). The van der Waals surface area contributed by atoms with E-state index in [0.29, 0.717) is 18.4 Å². The highest BCUT2D eigenvalue weighted by molar-refractivity contribution is 5.76. The Morgan fingerprint density at radius 1 is 0.944 bits per heavy atom. The second-order valence-corrected chi connectivity index (χ2v) is 5.83. The fraction of sp³-hybridized carbons (Fsp3) is 0.933. The van der Waals surface area contributed by atoms with Gasteiger partial charge in [0.1, 0.15) is 0 Å². The Morgan fingerprint density at radius 2 is 1.56 bits per heavy atom. The van der Waals surface area contributed by atoms with Gasteiger partial charge in [-0.15, -0.1) is 0 Å². The third-order valence-corrected chi connectivity index (χ3v) is 4.34. The first-order valence-corrected chi connectivity index (χ1v) is 7.87. The summed E-state index contributed by atoms with van der Waals surface area (Å²) in [5.74, 6) is 0.361. The first kappa shape index (κ1) is 13.9. The van der Waals surface area contributed by atoms with Gasteiger partial charge in [-0.3, -0.25) is 4.79 Å². The lowest BCUT2D eigenvalue weighted by Crippen LogP contribution is -2.37. The fourth-order valence-corrected chi connectivity index (χ4v) is 3.17. The third kappa shape index (κ3) is 4.60. The first-order valence-electron chi connectivity index (χ1n) is 7.87. The number of hydrogen-bond acceptors (Lipinski definition) is 2. The van der Waals surface area contributed by atoms with Gasteiger partial charge in [0, 0.05) is 32.1 Å². The van der Waals surface area contributed by atoms with E-state index in [1.165, 1.54) is 57.8 Å². The van der Waals surface area contributed by atoms with Gasteiger partial charge in [-0.1, -0.05) is 32.1 Å². The Labute approximate surface area is 111 Å². The van der Waals surface area contributed by atoms with E-state index in [4.69, 9.17) is 0 Å². The van der Waals surface area contributed by atoms with Crippen molar-refractivity contribution in [3.8, 4) is 0 Å². The van der Waals surface area contributed by atoms with Gasteiger partial charge in [0.05, 0.1) is 0 Å². The maximum atomic E-state index is 12.1. The summed E-state index contributed by atoms with van der Waals surface area (Å²) < 4.78 is 0. The molecule has 2 fully saturated rings. The Balaban J connectivity index is 1.61. The van der Waals surface area contributed by atoms with E-state index in [1.54, 1.807) is 0 Å². The molecule has 0 aromatic rings. The average Bonchev–Trinajstić information content (AvgIpc) is 2.69. The van der Waals surface area contributed by atoms with E-state index in [2.05, 4.69) is 10.2 Å². The zero-order valence-electron chi connectivity index (χ0n) is 11.6. The molecule has 1 saturated heterocycles. The molecule has 1 N–H and O–H groups in total. The standard InChI is InChI=1S/C15H28N2O/c18-15(17-12-6-1-2-7-13-17)10-11-16-14-8-4-3-5-9-14/h14,16H,1-13H2. The molecule has 1 amide bonds. The number of rotatable bonds is 4. The SMILES string of the molecule is O=C(CCNC1CCCCC1)N1CCCCCC1. The number of carbonyl (C=O) groups is 1. The van der Waals surface area contributed by atoms with Crippen LogP contribution in [0.25, 0.3) is 0 Å². The van der Waals surface area contributed by atoms with Crippen LogP contribution in [0.5, 0.6) is 0 Å². The fourth-order valence-electron chi connectivity index (χ4n) is 3.17. The summed E-state index contributed by atoms with van der Waals surface area (Å²) in [6.07, 6.45) is 12.4. The van der Waals surface area contributed by atoms with Crippen LogP contribution >= 0.6 is 0 Å². The molecule has 0 radical (unpaired) electrons. The second kappa shape index (κ2) is 7.78. The first-order chi connectivity index (χ1) is 8.86. The molecule has 1 heterocycles. The number of likely N-dealkylation sites (tertiary alicyclic amines) is 1. The van der Waals surface area contributed by atoms with E-state index in [0.717, 1.165) is 19.6 Å². The van der Waals surface area contributed by atoms with Gasteiger partial charge >= 0.3 is 0 Å². The van der Waals surface area contributed by atoms with Crippen LogP contribution in [-0.2, 0) is 4.79 Å². The quantitative estimate of drug-likeness (QED) is 0.834. The molecular formula is C15H28N2O. The van der Waals surface area contributed by atoms with Gasteiger partial charge in [-0.2, -0.15) is 0 Å². The maximum Gasteiger partial charge on any atom is 0.223 e. The van der Waals surface area contributed by atoms with E-state index < -0.39 is 0 Å². The van der Waals surface area contributed by atoms with Crippen LogP contribution in [0.15, 0.2) is 0 Å². The van der Waals surface area contributed by atoms with Gasteiger partial charge < -0.3 is 10.2 Å². The number of hydrogen-bond donors (Lipinski definition) is 1. The summed E-state index contributed by atoms with van der Waals surface area (Å²) in [6.45, 7) is 2.85. The smallest absolute Gasteiger partial charge is 0.223 e. The van der Waals surface area contributed by atoms with Gasteiger partial charge in [0.15, 0.2) is 0 Å². The van der Waals surface area contributed by atoms with E-state index in [9.17, 15) is 4.79 Å². The maximum absolute atomic E-state index is 12.1. The van der Waals surface area contributed by atoms with Crippen LogP contribution in [-0.4, -0.2) is 36.5 Å². The van der Waals surface area contributed by atoms with Crippen molar-refractivity contribution in [3.05, 3.63) is 0 Å². The molecule has 104 valence electrons. The van der Waals surface area contributed by atoms with Crippen molar-refractivity contribution < 1.29 is 4.79 Å². The number of carbonyl (C=O) groups excluding carboxylic acids is 1. The lowest BCUT2D eigenvalue weighted by molar-refractivity contribution is -0.131. The van der Waals surface area contributed by atoms with Crippen LogP contribution in [0, 0.1) is 0 Å². The lowest BCUT2D eigenvalue weighted by Gasteiger charge is -2.24. The lowest BCUT2D eigenvalue weighted by atomic mass is 9.95. The van der Waals surface area contributed by atoms with E-state index in [1.807, 2.05) is 0 Å². The summed E-state index contributed by atoms with van der Waals surface area (Å²) in [5.41, 5.74) is 0. The molecule has 2 aliphatic rings. The third-order valence-electron chi connectivity index (χ3n) is 4.34. The minimum Gasteiger partial charge on any atom is -0.343 e. The molecule has 1 aliphatic heterocycles. The highest BCUT2D eigenvalue weighted by atomic mass is 16.2. The zero-order chi connectivity index (χ0) is 12.6. The molecule has 1 aliphatic carbocycles. The minimum atomic E-state index is 0.361. The summed E-state index contributed by atoms with van der Waals surface area (Å²) in [7, 11) is 0. The second-order valence-electron chi connectivity index (χ2n) is 5.83. The van der Waals surface area contributed by atoms with Crippen LogP contribution in [0.4, 0.5) is 0 Å². The molecule has 0 unspecified atom stereocenters. The molecule has 3 nitrogen and oxygen atoms in total. The van der Waals surface area contributed by atoms with Crippen LogP contribution in [0.2, 0.25) is 0 Å². The van der Waals surface area contributed by atoms with Gasteiger partial charge in [-0.05, 0) is 25.7 Å². The molecule has 1 saturated carbocycles. The van der Waals surface area contributed by atoms with Gasteiger partial charge in [0.25, 0.3) is 0 Å². The largest absolute Gasteiger partial charge is 0.343 e. The Bertz CT molecular complexity index is 241. The number of amides is 1.